The van der Waals surface area contributed by atoms with Crippen molar-refractivity contribution in [3.8, 4) is 0 Å². The molecule has 0 saturated carbocycles. The molecular formula is C24H28N4OS. The summed E-state index contributed by atoms with van der Waals surface area (Å²) in [5.41, 5.74) is 5.99. The highest BCUT2D eigenvalue weighted by Crippen LogP contribution is 2.26. The van der Waals surface area contributed by atoms with E-state index in [9.17, 15) is 4.79 Å². The third-order valence-corrected chi connectivity index (χ3v) is 5.58. The summed E-state index contributed by atoms with van der Waals surface area (Å²) in [6.45, 7) is 4.73. The number of para-hydroxylation sites is 2. The van der Waals surface area contributed by atoms with E-state index in [1.54, 1.807) is 0 Å². The highest BCUT2D eigenvalue weighted by atomic mass is 32.2. The Bertz CT molecular complexity index is 984. The smallest absolute Gasteiger partial charge is 0.224 e. The van der Waals surface area contributed by atoms with Crippen molar-refractivity contribution in [3.05, 3.63) is 77.1 Å². The number of anilines is 2. The molecule has 2 aromatic carbocycles. The van der Waals surface area contributed by atoms with E-state index in [0.29, 0.717) is 12.8 Å². The zero-order valence-electron chi connectivity index (χ0n) is 18.0. The number of nitrogens with zero attached hydrogens (tertiary/aromatic N) is 3. The molecule has 0 bridgehead atoms. The van der Waals surface area contributed by atoms with Crippen molar-refractivity contribution in [2.75, 3.05) is 23.5 Å². The van der Waals surface area contributed by atoms with E-state index >= 15 is 0 Å². The lowest BCUT2D eigenvalue weighted by molar-refractivity contribution is -0.116. The molecule has 0 unspecified atom stereocenters. The van der Waals surface area contributed by atoms with Crippen LogP contribution >= 0.6 is 11.8 Å². The molecule has 0 aliphatic rings. The molecule has 3 aromatic rings. The molecule has 0 saturated heterocycles. The number of rotatable bonds is 8. The second-order valence-corrected chi connectivity index (χ2v) is 8.04. The summed E-state index contributed by atoms with van der Waals surface area (Å²) in [6.07, 6.45) is 2.98. The van der Waals surface area contributed by atoms with Gasteiger partial charge in [-0.15, -0.1) is 0 Å². The molecule has 0 fully saturated rings. The van der Waals surface area contributed by atoms with Gasteiger partial charge in [0.15, 0.2) is 5.16 Å². The third kappa shape index (κ3) is 5.60. The van der Waals surface area contributed by atoms with Gasteiger partial charge in [0.25, 0.3) is 0 Å². The van der Waals surface area contributed by atoms with Crippen molar-refractivity contribution in [1.29, 1.82) is 0 Å². The Hall–Kier alpha value is -2.86. The van der Waals surface area contributed by atoms with Crippen molar-refractivity contribution in [2.45, 2.75) is 38.4 Å². The minimum absolute atomic E-state index is 0.0108. The number of benzene rings is 2. The average Bonchev–Trinajstić information content (AvgIpc) is 2.74. The van der Waals surface area contributed by atoms with Gasteiger partial charge in [0.1, 0.15) is 0 Å². The van der Waals surface area contributed by atoms with Crippen LogP contribution in [-0.2, 0) is 17.8 Å². The first-order valence-corrected chi connectivity index (χ1v) is 11.2. The van der Waals surface area contributed by atoms with Gasteiger partial charge in [0, 0.05) is 31.4 Å². The molecule has 156 valence electrons. The Morgan fingerprint density at radius 2 is 1.63 bits per heavy atom. The van der Waals surface area contributed by atoms with Crippen molar-refractivity contribution in [2.24, 2.45) is 0 Å². The van der Waals surface area contributed by atoms with Crippen LogP contribution in [0.2, 0.25) is 0 Å². The average molecular weight is 421 g/mol. The normalized spacial score (nSPS) is 10.7. The number of thioether (sulfide) groups is 1. The van der Waals surface area contributed by atoms with Crippen LogP contribution in [0.1, 0.15) is 28.9 Å². The standard InChI is InChI=1S/C24H28N4OS/c1-17-20(18(2)26-24(25-17)30-4)14-15-23(29)27-21-12-8-9-13-22(21)28(3)16-19-10-6-5-7-11-19/h5-13H,14-16H2,1-4H3,(H,27,29). The SMILES string of the molecule is CSc1nc(C)c(CCC(=O)Nc2ccccc2N(C)Cc2ccccc2)c(C)n1. The molecule has 6 heteroatoms. The lowest BCUT2D eigenvalue weighted by Gasteiger charge is -2.23. The largest absolute Gasteiger partial charge is 0.369 e. The van der Waals surface area contributed by atoms with Crippen LogP contribution in [-0.4, -0.2) is 29.2 Å². The number of hydrogen-bond acceptors (Lipinski definition) is 5. The quantitative estimate of drug-likeness (QED) is 0.409. The van der Waals surface area contributed by atoms with Crippen LogP contribution in [0.3, 0.4) is 0 Å². The van der Waals surface area contributed by atoms with E-state index in [4.69, 9.17) is 0 Å². The molecule has 1 aromatic heterocycles. The number of amides is 1. The van der Waals surface area contributed by atoms with Crippen molar-refractivity contribution in [3.63, 3.8) is 0 Å². The van der Waals surface area contributed by atoms with Gasteiger partial charge in [-0.2, -0.15) is 0 Å². The van der Waals surface area contributed by atoms with Crippen LogP contribution in [0, 0.1) is 13.8 Å². The maximum absolute atomic E-state index is 12.7. The van der Waals surface area contributed by atoms with Crippen LogP contribution in [0.5, 0.6) is 0 Å². The molecule has 0 radical (unpaired) electrons. The van der Waals surface area contributed by atoms with Crippen molar-refractivity contribution < 1.29 is 4.79 Å². The molecule has 0 aliphatic carbocycles. The summed E-state index contributed by atoms with van der Waals surface area (Å²) in [5.74, 6) is -0.0108. The predicted molar refractivity (Wildman–Crippen MR) is 125 cm³/mol. The van der Waals surface area contributed by atoms with Crippen LogP contribution in [0.15, 0.2) is 59.8 Å². The summed E-state index contributed by atoms with van der Waals surface area (Å²) >= 11 is 1.53. The van der Waals surface area contributed by atoms with Gasteiger partial charge in [-0.3, -0.25) is 4.79 Å². The van der Waals surface area contributed by atoms with E-state index < -0.39 is 0 Å². The first-order valence-electron chi connectivity index (χ1n) is 10.00. The molecule has 0 atom stereocenters. The Morgan fingerprint density at radius 1 is 1.00 bits per heavy atom. The molecule has 30 heavy (non-hydrogen) atoms. The van der Waals surface area contributed by atoms with E-state index in [0.717, 1.165) is 40.0 Å². The summed E-state index contributed by atoms with van der Waals surface area (Å²) in [5, 5.41) is 3.86. The van der Waals surface area contributed by atoms with E-state index in [1.165, 1.54) is 17.3 Å². The van der Waals surface area contributed by atoms with Gasteiger partial charge in [0.05, 0.1) is 11.4 Å². The summed E-state index contributed by atoms with van der Waals surface area (Å²) in [6, 6.07) is 18.2. The summed E-state index contributed by atoms with van der Waals surface area (Å²) < 4.78 is 0. The van der Waals surface area contributed by atoms with Crippen molar-refractivity contribution >= 4 is 29.0 Å². The third-order valence-electron chi connectivity index (χ3n) is 5.04. The van der Waals surface area contributed by atoms with Gasteiger partial charge >= 0.3 is 0 Å². The Labute approximate surface area is 182 Å². The maximum Gasteiger partial charge on any atom is 0.224 e. The van der Waals surface area contributed by atoms with Gasteiger partial charge < -0.3 is 10.2 Å². The predicted octanol–water partition coefficient (Wildman–Crippen LogP) is 5.02. The highest BCUT2D eigenvalue weighted by molar-refractivity contribution is 7.98. The Kier molecular flexibility index (Phi) is 7.46. The fraction of sp³-hybridized carbons (Fsp3) is 0.292. The first kappa shape index (κ1) is 21.8. The molecule has 5 nitrogen and oxygen atoms in total. The van der Waals surface area contributed by atoms with E-state index in [-0.39, 0.29) is 5.91 Å². The molecule has 1 heterocycles. The number of hydrogen-bond donors (Lipinski definition) is 1. The number of carbonyl (C=O) groups excluding carboxylic acids is 1. The zero-order valence-corrected chi connectivity index (χ0v) is 18.8. The summed E-state index contributed by atoms with van der Waals surface area (Å²) in [4.78, 5) is 23.8. The second kappa shape index (κ2) is 10.3. The minimum atomic E-state index is -0.0108. The first-order chi connectivity index (χ1) is 14.5. The van der Waals surface area contributed by atoms with Crippen LogP contribution < -0.4 is 10.2 Å². The van der Waals surface area contributed by atoms with Crippen molar-refractivity contribution in [1.82, 2.24) is 9.97 Å². The molecular weight excluding hydrogens is 392 g/mol. The fourth-order valence-electron chi connectivity index (χ4n) is 3.47. The van der Waals surface area contributed by atoms with E-state index in [1.807, 2.05) is 69.6 Å². The van der Waals surface area contributed by atoms with Crippen LogP contribution in [0.4, 0.5) is 11.4 Å². The van der Waals surface area contributed by atoms with Crippen LogP contribution in [0.25, 0.3) is 0 Å². The van der Waals surface area contributed by atoms with Gasteiger partial charge in [-0.05, 0) is 49.8 Å². The second-order valence-electron chi connectivity index (χ2n) is 7.27. The Balaban J connectivity index is 1.66. The molecule has 3 rings (SSSR count). The lowest BCUT2D eigenvalue weighted by atomic mass is 10.1. The topological polar surface area (TPSA) is 58.1 Å². The number of aromatic nitrogens is 2. The van der Waals surface area contributed by atoms with E-state index in [2.05, 4.69) is 32.3 Å². The molecule has 1 amide bonds. The van der Waals surface area contributed by atoms with Gasteiger partial charge in [-0.1, -0.05) is 54.2 Å². The number of aryl methyl sites for hydroxylation is 2. The maximum atomic E-state index is 12.7. The number of nitrogens with one attached hydrogen (secondary N) is 1. The molecule has 1 N–H and O–H groups in total. The molecule has 0 aliphatic heterocycles. The highest BCUT2D eigenvalue weighted by Gasteiger charge is 2.13. The summed E-state index contributed by atoms with van der Waals surface area (Å²) in [7, 11) is 2.04. The molecule has 0 spiro atoms. The minimum Gasteiger partial charge on any atom is -0.369 e. The van der Waals surface area contributed by atoms with Gasteiger partial charge in [0.2, 0.25) is 5.91 Å². The lowest BCUT2D eigenvalue weighted by Crippen LogP contribution is -2.20. The zero-order chi connectivity index (χ0) is 21.5. The van der Waals surface area contributed by atoms with Gasteiger partial charge in [-0.25, -0.2) is 9.97 Å². The Morgan fingerprint density at radius 3 is 2.30 bits per heavy atom. The fourth-order valence-corrected chi connectivity index (χ4v) is 3.92. The monoisotopic (exact) mass is 420 g/mol. The number of carbonyl (C=O) groups is 1.